The largest absolute Gasteiger partial charge is 0.465 e. The third-order valence-corrected chi connectivity index (χ3v) is 3.10. The summed E-state index contributed by atoms with van der Waals surface area (Å²) in [5, 5.41) is 0.200. The first kappa shape index (κ1) is 16.4. The number of likely N-dealkylation sites (N-methyl/N-ethyl adjacent to an activating group) is 1. The first-order valence-corrected chi connectivity index (χ1v) is 6.73. The van der Waals surface area contributed by atoms with E-state index in [2.05, 4.69) is 0 Å². The number of amides is 1. The quantitative estimate of drug-likeness (QED) is 0.758. The molecule has 0 aliphatic carbocycles. The Morgan fingerprint density at radius 3 is 2.60 bits per heavy atom. The van der Waals surface area contributed by atoms with Crippen molar-refractivity contribution in [3.63, 3.8) is 0 Å². The van der Waals surface area contributed by atoms with Crippen LogP contribution in [0, 0.1) is 5.82 Å². The first-order valence-electron chi connectivity index (χ1n) is 6.35. The summed E-state index contributed by atoms with van der Waals surface area (Å²) < 4.78 is 18.4. The van der Waals surface area contributed by atoms with Crippen LogP contribution in [0.25, 0.3) is 0 Å². The van der Waals surface area contributed by atoms with E-state index in [1.807, 2.05) is 0 Å². The number of carbonyl (C=O) groups excluding carboxylic acids is 2. The van der Waals surface area contributed by atoms with E-state index in [1.54, 1.807) is 13.8 Å². The molecule has 0 heterocycles. The van der Waals surface area contributed by atoms with Gasteiger partial charge in [0.1, 0.15) is 12.4 Å². The van der Waals surface area contributed by atoms with E-state index < -0.39 is 11.8 Å². The Hall–Kier alpha value is -1.62. The van der Waals surface area contributed by atoms with Crippen LogP contribution in [0.15, 0.2) is 18.2 Å². The molecule has 0 aliphatic heterocycles. The molecule has 0 saturated heterocycles. The highest BCUT2D eigenvalue weighted by Crippen LogP contribution is 2.20. The van der Waals surface area contributed by atoms with Gasteiger partial charge in [0.25, 0.3) is 0 Å². The maximum Gasteiger partial charge on any atom is 0.325 e. The lowest BCUT2D eigenvalue weighted by molar-refractivity contribution is -0.148. The van der Waals surface area contributed by atoms with Gasteiger partial charge in [-0.3, -0.25) is 9.59 Å². The summed E-state index contributed by atoms with van der Waals surface area (Å²) in [5.41, 5.74) is 0.140. The Morgan fingerprint density at radius 2 is 2.05 bits per heavy atom. The van der Waals surface area contributed by atoms with Gasteiger partial charge in [-0.2, -0.15) is 0 Å². The van der Waals surface area contributed by atoms with Crippen LogP contribution >= 0.6 is 11.6 Å². The predicted molar refractivity (Wildman–Crippen MR) is 74.0 cm³/mol. The second kappa shape index (κ2) is 7.85. The van der Waals surface area contributed by atoms with E-state index in [0.29, 0.717) is 6.54 Å². The standard InChI is InChI=1S/C14H17ClFNO3/c1-3-17(9-14(19)20-4-2)13(18)8-10-11(15)6-5-7-12(10)16/h5-7H,3-4,8-9H2,1-2H3. The lowest BCUT2D eigenvalue weighted by atomic mass is 10.1. The number of hydrogen-bond acceptors (Lipinski definition) is 3. The van der Waals surface area contributed by atoms with Crippen molar-refractivity contribution in [3.05, 3.63) is 34.6 Å². The molecule has 110 valence electrons. The molecule has 6 heteroatoms. The van der Waals surface area contributed by atoms with Crippen molar-refractivity contribution >= 4 is 23.5 Å². The molecule has 0 aromatic heterocycles. The fraction of sp³-hybridized carbons (Fsp3) is 0.429. The highest BCUT2D eigenvalue weighted by Gasteiger charge is 2.19. The van der Waals surface area contributed by atoms with Crippen molar-refractivity contribution < 1.29 is 18.7 Å². The van der Waals surface area contributed by atoms with Gasteiger partial charge in [0.15, 0.2) is 0 Å². The van der Waals surface area contributed by atoms with E-state index in [9.17, 15) is 14.0 Å². The lowest BCUT2D eigenvalue weighted by Gasteiger charge is -2.20. The number of carbonyl (C=O) groups is 2. The van der Waals surface area contributed by atoms with Gasteiger partial charge in [-0.25, -0.2) is 4.39 Å². The van der Waals surface area contributed by atoms with Crippen molar-refractivity contribution in [1.29, 1.82) is 0 Å². The minimum absolute atomic E-state index is 0.140. The van der Waals surface area contributed by atoms with Gasteiger partial charge in [0, 0.05) is 17.1 Å². The van der Waals surface area contributed by atoms with Crippen molar-refractivity contribution in [2.24, 2.45) is 0 Å². The summed E-state index contributed by atoms with van der Waals surface area (Å²) in [6.07, 6.45) is -0.182. The Bertz CT molecular complexity index is 473. The molecule has 0 spiro atoms. The van der Waals surface area contributed by atoms with Crippen molar-refractivity contribution in [2.45, 2.75) is 20.3 Å². The third-order valence-electron chi connectivity index (χ3n) is 2.75. The maximum absolute atomic E-state index is 13.6. The maximum atomic E-state index is 13.6. The summed E-state index contributed by atoms with van der Waals surface area (Å²) in [4.78, 5) is 24.8. The number of hydrogen-bond donors (Lipinski definition) is 0. The predicted octanol–water partition coefficient (Wildman–Crippen LogP) is 2.43. The zero-order chi connectivity index (χ0) is 15.1. The highest BCUT2D eigenvalue weighted by molar-refractivity contribution is 6.31. The van der Waals surface area contributed by atoms with Crippen LogP contribution in [0.1, 0.15) is 19.4 Å². The molecule has 20 heavy (non-hydrogen) atoms. The van der Waals surface area contributed by atoms with Gasteiger partial charge in [-0.05, 0) is 26.0 Å². The zero-order valence-corrected chi connectivity index (χ0v) is 12.2. The molecule has 1 amide bonds. The summed E-state index contributed by atoms with van der Waals surface area (Å²) in [7, 11) is 0. The van der Waals surface area contributed by atoms with Gasteiger partial charge in [-0.15, -0.1) is 0 Å². The van der Waals surface area contributed by atoms with Crippen LogP contribution in [0.3, 0.4) is 0 Å². The molecule has 1 aromatic rings. The van der Waals surface area contributed by atoms with Crippen LogP contribution in [0.5, 0.6) is 0 Å². The van der Waals surface area contributed by atoms with Gasteiger partial charge in [0.2, 0.25) is 5.91 Å². The van der Waals surface area contributed by atoms with Crippen molar-refractivity contribution in [2.75, 3.05) is 19.7 Å². The normalized spacial score (nSPS) is 10.2. The summed E-state index contributed by atoms with van der Waals surface area (Å²) in [6, 6.07) is 4.24. The molecule has 0 radical (unpaired) electrons. The van der Waals surface area contributed by atoms with Crippen LogP contribution in [-0.2, 0) is 20.7 Å². The molecule has 0 unspecified atom stereocenters. The fourth-order valence-corrected chi connectivity index (χ4v) is 1.93. The Morgan fingerprint density at radius 1 is 1.35 bits per heavy atom. The Balaban J connectivity index is 2.75. The zero-order valence-electron chi connectivity index (χ0n) is 11.5. The van der Waals surface area contributed by atoms with Crippen LogP contribution in [0.4, 0.5) is 4.39 Å². The molecular formula is C14H17ClFNO3. The number of nitrogens with zero attached hydrogens (tertiary/aromatic N) is 1. The third kappa shape index (κ3) is 4.49. The minimum atomic E-state index is -0.530. The number of ether oxygens (including phenoxy) is 1. The number of halogens is 2. The highest BCUT2D eigenvalue weighted by atomic mass is 35.5. The molecule has 0 N–H and O–H groups in total. The average molecular weight is 302 g/mol. The molecule has 1 rings (SSSR count). The summed E-state index contributed by atoms with van der Waals surface area (Å²) in [5.74, 6) is -1.38. The summed E-state index contributed by atoms with van der Waals surface area (Å²) in [6.45, 7) is 3.87. The van der Waals surface area contributed by atoms with E-state index in [1.165, 1.54) is 23.1 Å². The number of esters is 1. The Kier molecular flexibility index (Phi) is 6.45. The average Bonchev–Trinajstić information content (AvgIpc) is 2.40. The SMILES string of the molecule is CCOC(=O)CN(CC)C(=O)Cc1c(F)cccc1Cl. The molecule has 0 fully saturated rings. The topological polar surface area (TPSA) is 46.6 Å². The molecule has 1 aromatic carbocycles. The second-order valence-electron chi connectivity index (χ2n) is 4.09. The van der Waals surface area contributed by atoms with Crippen molar-refractivity contribution in [3.8, 4) is 0 Å². The Labute approximate surface area is 122 Å². The van der Waals surface area contributed by atoms with Crippen LogP contribution in [-0.4, -0.2) is 36.5 Å². The number of rotatable bonds is 6. The molecule has 0 aliphatic rings. The van der Waals surface area contributed by atoms with E-state index in [-0.39, 0.29) is 36.1 Å². The molecule has 0 saturated carbocycles. The monoisotopic (exact) mass is 301 g/mol. The molecule has 0 bridgehead atoms. The first-order chi connectivity index (χ1) is 9.49. The minimum Gasteiger partial charge on any atom is -0.465 e. The second-order valence-corrected chi connectivity index (χ2v) is 4.50. The fourth-order valence-electron chi connectivity index (χ4n) is 1.70. The van der Waals surface area contributed by atoms with E-state index in [4.69, 9.17) is 16.3 Å². The smallest absolute Gasteiger partial charge is 0.325 e. The van der Waals surface area contributed by atoms with E-state index in [0.717, 1.165) is 0 Å². The van der Waals surface area contributed by atoms with E-state index >= 15 is 0 Å². The molecule has 0 atom stereocenters. The van der Waals surface area contributed by atoms with Crippen LogP contribution < -0.4 is 0 Å². The van der Waals surface area contributed by atoms with Gasteiger partial charge in [-0.1, -0.05) is 17.7 Å². The van der Waals surface area contributed by atoms with Crippen LogP contribution in [0.2, 0.25) is 5.02 Å². The number of benzene rings is 1. The molecule has 4 nitrogen and oxygen atoms in total. The van der Waals surface area contributed by atoms with Gasteiger partial charge in [0.05, 0.1) is 13.0 Å². The lowest BCUT2D eigenvalue weighted by Crippen LogP contribution is -2.37. The summed E-state index contributed by atoms with van der Waals surface area (Å²) >= 11 is 5.87. The molecular weight excluding hydrogens is 285 g/mol. The van der Waals surface area contributed by atoms with Gasteiger partial charge >= 0.3 is 5.97 Å². The van der Waals surface area contributed by atoms with Gasteiger partial charge < -0.3 is 9.64 Å². The van der Waals surface area contributed by atoms with Crippen molar-refractivity contribution in [1.82, 2.24) is 4.90 Å².